The molecule has 0 aliphatic carbocycles. The van der Waals surface area contributed by atoms with Gasteiger partial charge in [0.15, 0.2) is 0 Å². The van der Waals surface area contributed by atoms with Crippen LogP contribution in [0, 0.1) is 11.8 Å². The molecule has 17 heavy (non-hydrogen) atoms. The number of hydrogen-bond donors (Lipinski definition) is 0. The highest BCUT2D eigenvalue weighted by Gasteiger charge is 1.90. The monoisotopic (exact) mass is 252 g/mol. The molecule has 0 aromatic rings. The van der Waals surface area contributed by atoms with Gasteiger partial charge in [-0.25, -0.2) is 0 Å². The van der Waals surface area contributed by atoms with Gasteiger partial charge in [-0.15, -0.1) is 0 Å². The van der Waals surface area contributed by atoms with Crippen molar-refractivity contribution in [2.45, 2.75) is 86.5 Å². The van der Waals surface area contributed by atoms with Crippen molar-refractivity contribution in [2.24, 2.45) is 11.8 Å². The molecule has 112 valence electrons. The fourth-order valence-corrected chi connectivity index (χ4v) is 1.41. The van der Waals surface area contributed by atoms with Crippen LogP contribution in [-0.2, 0) is 0 Å². The number of hydrogen-bond acceptors (Lipinski definition) is 0. The highest BCUT2D eigenvalue weighted by Crippen LogP contribution is 2.06. The third-order valence-corrected chi connectivity index (χ3v) is 2.52. The second-order valence-electron chi connectivity index (χ2n) is 5.43. The van der Waals surface area contributed by atoms with Crippen molar-refractivity contribution in [1.82, 2.24) is 0 Å². The van der Waals surface area contributed by atoms with E-state index in [9.17, 15) is 0 Å². The van der Waals surface area contributed by atoms with E-state index in [1.54, 1.807) is 0 Å². The Labute approximate surface area is 111 Å². The maximum absolute atomic E-state index is 2.29. The lowest BCUT2D eigenvalue weighted by molar-refractivity contribution is 0.534. The Bertz CT molecular complexity index is 107. The average Bonchev–Trinajstić information content (AvgIpc) is 2.15. The van der Waals surface area contributed by atoms with Crippen LogP contribution in [-0.4, -0.2) is 11.0 Å². The van der Waals surface area contributed by atoms with Gasteiger partial charge in [-0.05, 0) is 11.8 Å². The van der Waals surface area contributed by atoms with Crippen molar-refractivity contribution in [3.05, 3.63) is 0 Å². The van der Waals surface area contributed by atoms with Crippen LogP contribution in [0.4, 0.5) is 0 Å². The first-order valence-corrected chi connectivity index (χ1v) is 7.04. The first-order chi connectivity index (χ1) is 7.04. The first-order valence-electron chi connectivity index (χ1n) is 7.04. The molecule has 2 heteroatoms. The lowest BCUT2D eigenvalue weighted by atomic mass is 10.1. The lowest BCUT2D eigenvalue weighted by Crippen LogP contribution is -1.85. The third-order valence-electron chi connectivity index (χ3n) is 2.52. The highest BCUT2D eigenvalue weighted by molar-refractivity contribution is 4.44. The summed E-state index contributed by atoms with van der Waals surface area (Å²) < 4.78 is 0. The van der Waals surface area contributed by atoms with Gasteiger partial charge in [-0.3, -0.25) is 0 Å². The SMILES string of the molecule is CCCCC(C)C.CCCCCC(C)C.O.O.[HH]. The maximum Gasteiger partial charge on any atom is 0 e. The Morgan fingerprint density at radius 2 is 1.00 bits per heavy atom. The summed E-state index contributed by atoms with van der Waals surface area (Å²) in [5.74, 6) is 1.81. The van der Waals surface area contributed by atoms with Crippen LogP contribution in [0.15, 0.2) is 0 Å². The van der Waals surface area contributed by atoms with Crippen LogP contribution in [0.3, 0.4) is 0 Å². The zero-order valence-electron chi connectivity index (χ0n) is 13.1. The smallest absolute Gasteiger partial charge is 0 e. The van der Waals surface area contributed by atoms with Crippen LogP contribution < -0.4 is 0 Å². The van der Waals surface area contributed by atoms with E-state index < -0.39 is 0 Å². The molecule has 0 bridgehead atoms. The fourth-order valence-electron chi connectivity index (χ4n) is 1.41. The van der Waals surface area contributed by atoms with Crippen molar-refractivity contribution in [3.63, 3.8) is 0 Å². The second-order valence-corrected chi connectivity index (χ2v) is 5.43. The molecule has 0 fully saturated rings. The summed E-state index contributed by atoms with van der Waals surface area (Å²) in [7, 11) is 0. The van der Waals surface area contributed by atoms with Gasteiger partial charge in [0, 0.05) is 1.43 Å². The Hall–Kier alpha value is -0.0800. The predicted octanol–water partition coefficient (Wildman–Crippen LogP) is 4.65. The van der Waals surface area contributed by atoms with E-state index in [-0.39, 0.29) is 12.4 Å². The molecule has 0 saturated carbocycles. The fraction of sp³-hybridized carbons (Fsp3) is 1.00. The lowest BCUT2D eigenvalue weighted by Gasteiger charge is -2.00. The number of unbranched alkanes of at least 4 members (excludes halogenated alkanes) is 3. The Morgan fingerprint density at radius 1 is 0.647 bits per heavy atom. The largest absolute Gasteiger partial charge is 0.412 e. The molecule has 0 aromatic carbocycles. The molecule has 2 nitrogen and oxygen atoms in total. The van der Waals surface area contributed by atoms with Gasteiger partial charge in [0.05, 0.1) is 0 Å². The molecule has 0 unspecified atom stereocenters. The zero-order chi connectivity index (χ0) is 12.1. The van der Waals surface area contributed by atoms with Crippen LogP contribution in [0.5, 0.6) is 0 Å². The Balaban J connectivity index is -0.0000000540. The van der Waals surface area contributed by atoms with Crippen LogP contribution in [0.1, 0.15) is 87.9 Å². The minimum Gasteiger partial charge on any atom is -0.412 e. The summed E-state index contributed by atoms with van der Waals surface area (Å²) in [5, 5.41) is 0. The van der Waals surface area contributed by atoms with E-state index >= 15 is 0 Å². The van der Waals surface area contributed by atoms with Gasteiger partial charge in [0.1, 0.15) is 0 Å². The number of rotatable bonds is 7. The van der Waals surface area contributed by atoms with Gasteiger partial charge in [-0.2, -0.15) is 0 Å². The third kappa shape index (κ3) is 38.8. The molecule has 0 aliphatic rings. The summed E-state index contributed by atoms with van der Waals surface area (Å²) in [6.07, 6.45) is 9.75. The molecule has 4 N–H and O–H groups in total. The topological polar surface area (TPSA) is 63.0 Å². The maximum atomic E-state index is 2.29. The highest BCUT2D eigenvalue weighted by atomic mass is 16.0. The van der Waals surface area contributed by atoms with E-state index in [0.717, 1.165) is 11.8 Å². The van der Waals surface area contributed by atoms with Gasteiger partial charge < -0.3 is 11.0 Å². The van der Waals surface area contributed by atoms with E-state index in [1.807, 2.05) is 0 Å². The van der Waals surface area contributed by atoms with Crippen molar-refractivity contribution in [2.75, 3.05) is 0 Å². The Kier molecular flexibility index (Phi) is 32.1. The van der Waals surface area contributed by atoms with Crippen molar-refractivity contribution < 1.29 is 12.4 Å². The second kappa shape index (κ2) is 21.2. The van der Waals surface area contributed by atoms with Crippen LogP contribution in [0.2, 0.25) is 0 Å². The minimum atomic E-state index is 0. The summed E-state index contributed by atoms with van der Waals surface area (Å²) in [5.41, 5.74) is 0. The Morgan fingerprint density at radius 3 is 1.24 bits per heavy atom. The molecular weight excluding hydrogens is 212 g/mol. The van der Waals surface area contributed by atoms with E-state index in [4.69, 9.17) is 0 Å². The van der Waals surface area contributed by atoms with Gasteiger partial charge >= 0.3 is 0 Å². The molecule has 0 radical (unpaired) electrons. The minimum absolute atomic E-state index is 0. The molecule has 0 amide bonds. The van der Waals surface area contributed by atoms with Crippen LogP contribution >= 0.6 is 0 Å². The summed E-state index contributed by atoms with van der Waals surface area (Å²) in [6, 6.07) is 0. The van der Waals surface area contributed by atoms with Gasteiger partial charge in [0.2, 0.25) is 0 Å². The predicted molar refractivity (Wildman–Crippen MR) is 82.7 cm³/mol. The molecule has 0 heterocycles. The average molecular weight is 252 g/mol. The van der Waals surface area contributed by atoms with E-state index in [0.29, 0.717) is 0 Å². The summed E-state index contributed by atoms with van der Waals surface area (Å²) in [6.45, 7) is 13.6. The normalized spacial score (nSPS) is 9.18. The summed E-state index contributed by atoms with van der Waals surface area (Å²) >= 11 is 0. The van der Waals surface area contributed by atoms with Crippen molar-refractivity contribution >= 4 is 0 Å². The van der Waals surface area contributed by atoms with Crippen LogP contribution in [0.25, 0.3) is 0 Å². The van der Waals surface area contributed by atoms with Gasteiger partial charge in [-0.1, -0.05) is 86.5 Å². The van der Waals surface area contributed by atoms with Crippen molar-refractivity contribution in [3.8, 4) is 0 Å². The zero-order valence-corrected chi connectivity index (χ0v) is 13.1. The molecule has 0 saturated heterocycles. The molecule has 0 aliphatic heterocycles. The molecule has 0 aromatic heterocycles. The molecule has 0 rings (SSSR count). The van der Waals surface area contributed by atoms with E-state index in [2.05, 4.69) is 41.5 Å². The molecule has 0 atom stereocenters. The summed E-state index contributed by atoms with van der Waals surface area (Å²) in [4.78, 5) is 0. The molecular formula is C15H40O2. The van der Waals surface area contributed by atoms with Crippen molar-refractivity contribution in [1.29, 1.82) is 0 Å². The molecule has 0 spiro atoms. The quantitative estimate of drug-likeness (QED) is 0.592. The first kappa shape index (κ1) is 25.7. The van der Waals surface area contributed by atoms with E-state index in [1.165, 1.54) is 44.9 Å². The van der Waals surface area contributed by atoms with Gasteiger partial charge in [0.25, 0.3) is 0 Å². The standard InChI is InChI=1S/C8H18.C7H16.2H2O.H2/c1-4-5-6-7-8(2)3;1-4-5-6-7(2)3;;;/h8H,4-7H2,1-3H3;7H,4-6H2,1-3H3;2*1H2;1H.